The molecule has 1 aliphatic rings. The molecule has 0 fully saturated rings. The summed E-state index contributed by atoms with van der Waals surface area (Å²) in [6.45, 7) is 45.9. The van der Waals surface area contributed by atoms with Crippen molar-refractivity contribution in [1.82, 2.24) is 21.3 Å². The fraction of sp³-hybridized carbons (Fsp3) is 0.387. The Balaban J connectivity index is 1.05. The van der Waals surface area contributed by atoms with Crippen LogP contribution in [0.5, 0.6) is 23.0 Å². The van der Waals surface area contributed by atoms with Gasteiger partial charge in [0, 0.05) is 68.1 Å². The van der Waals surface area contributed by atoms with Crippen LogP contribution in [0.1, 0.15) is 231 Å². The predicted octanol–water partition coefficient (Wildman–Crippen LogP) is 23.3. The van der Waals surface area contributed by atoms with Crippen molar-refractivity contribution >= 4 is 94.6 Å². The molecule has 12 aromatic rings. The molecule has 16 nitrogen and oxygen atoms in total. The maximum absolute atomic E-state index is 15.7. The average Bonchev–Trinajstić information content (AvgIpc) is 0.748. The van der Waals surface area contributed by atoms with Crippen molar-refractivity contribution in [2.45, 2.75) is 212 Å². The minimum atomic E-state index is -3.53. The van der Waals surface area contributed by atoms with Gasteiger partial charge in [-0.15, -0.1) is 0 Å². The lowest BCUT2D eigenvalue weighted by atomic mass is 9.70. The molecule has 144 heavy (non-hydrogen) atoms. The van der Waals surface area contributed by atoms with Crippen LogP contribution < -0.4 is 82.7 Å². The van der Waals surface area contributed by atoms with Crippen molar-refractivity contribution in [1.29, 1.82) is 0 Å². The first-order chi connectivity index (χ1) is 67.9. The number of fused-ring (bicyclic) bond motifs is 8. The first-order valence-electron chi connectivity index (χ1n) is 51.0. The van der Waals surface area contributed by atoms with Gasteiger partial charge >= 0.3 is 0 Å². The number of amides is 4. The number of rotatable bonds is 40. The summed E-state index contributed by atoms with van der Waals surface area (Å²) in [6, 6.07) is 92.2. The molecule has 0 unspecified atom stereocenters. The number of hydrogen-bond donors (Lipinski definition) is 4. The van der Waals surface area contributed by atoms with Crippen molar-refractivity contribution in [3.63, 3.8) is 0 Å². The topological polar surface area (TPSA) is 222 Å². The molecule has 0 atom stereocenters. The molecule has 0 radical (unpaired) electrons. The lowest BCUT2D eigenvalue weighted by molar-refractivity contribution is -0.119. The molecule has 4 amide bonds. The largest absolute Gasteiger partial charge is 0.491 e. The van der Waals surface area contributed by atoms with Crippen LogP contribution in [0.4, 0.5) is 0 Å². The van der Waals surface area contributed by atoms with Crippen molar-refractivity contribution in [3.8, 4) is 23.0 Å². The SMILES string of the molecule is CC(C)(C)CC(C)(C)c1cc2c(OCCNC(=O)CP(=O)(c3ccccc3)c3ccccc3)c(c1)Cc1cc(C(C)(C)CC(C)(C)C)cc(c1OCCNC(=O)CP(=O)(c1ccccc1)c1ccccc1)Cc1cc(C(C)(C)CC(C)(C)C)cc(c1OCCNC(=O)CP(=O)(c1ccccc1)c1ccccc1)Cc1cc(C(C)(C)CC(C)(C)C)cc(c1OCCNC(=O)CP(=O)(c1ccccc1)c1ccccc1)C2. The summed E-state index contributed by atoms with van der Waals surface area (Å²) in [6.07, 6.45) is 2.84. The summed E-state index contributed by atoms with van der Waals surface area (Å²) in [4.78, 5) is 59.7. The number of hydrogen-bond acceptors (Lipinski definition) is 12. The average molecular weight is 2010 g/mol. The zero-order valence-corrected chi connectivity index (χ0v) is 92.1. The minimum Gasteiger partial charge on any atom is -0.491 e. The second kappa shape index (κ2) is 46.2. The van der Waals surface area contributed by atoms with E-state index < -0.39 is 73.9 Å². The van der Waals surface area contributed by atoms with Crippen LogP contribution in [0.15, 0.2) is 291 Å². The van der Waals surface area contributed by atoms with Crippen LogP contribution in [-0.4, -0.2) is 101 Å². The Hall–Kier alpha value is -11.4. The molecule has 0 aromatic heterocycles. The summed E-state index contributed by atoms with van der Waals surface area (Å²) in [5, 5.41) is 17.3. The van der Waals surface area contributed by atoms with Gasteiger partial charge in [-0.05, 0) is 136 Å². The Bertz CT molecular complexity index is 5580. The summed E-state index contributed by atoms with van der Waals surface area (Å²) in [5.41, 5.74) is 8.17. The minimum absolute atomic E-state index is 0.0164. The smallest absolute Gasteiger partial charge is 0.228 e. The fourth-order valence-electron chi connectivity index (χ4n) is 22.0. The van der Waals surface area contributed by atoms with Gasteiger partial charge in [0.1, 0.15) is 49.4 Å². The predicted molar refractivity (Wildman–Crippen MR) is 598 cm³/mol. The van der Waals surface area contributed by atoms with Gasteiger partial charge in [-0.1, -0.05) is 430 Å². The van der Waals surface area contributed by atoms with Crippen LogP contribution in [0.3, 0.4) is 0 Å². The van der Waals surface area contributed by atoms with Gasteiger partial charge in [0.05, 0.1) is 50.8 Å². The van der Waals surface area contributed by atoms with E-state index in [0.29, 0.717) is 65.4 Å². The Morgan fingerprint density at radius 2 is 0.354 bits per heavy atom. The highest BCUT2D eigenvalue weighted by Gasteiger charge is 2.40. The number of ether oxygens (including phenoxy) is 4. The Morgan fingerprint density at radius 1 is 0.222 bits per heavy atom. The van der Waals surface area contributed by atoms with Gasteiger partial charge < -0.3 is 58.5 Å². The highest BCUT2D eigenvalue weighted by molar-refractivity contribution is 7.80. The standard InChI is InChI=1S/C124H152N4O12P4/c1-117(2,3)85-121(13,14)97-73-89-69-91-75-98(122(15,16)86-118(4,5)6)77-93(114(91)138-66-62-126-110(130)82-142(134,103-49-33-23-34-50-103)104-51-35-24-36-52-104)71-95-79-100(124(19,20)88-120(10,11)12)80-96(116(95)140-68-64-128-112(132)84-144(136,107-57-41-27-42-58-107)108-59-43-28-44-60-108)72-94-78-99(123(17,18)87-119(7,8)9)76-92(115(94)139-67-63-127-111(131)83-143(135,105-53-37-25-38-54-105)106-55-39-26-40-56-106)70-90(74-97)113(89)137-65-61-125-109(129)81-141(133,101-45-29-21-30-46-101)102-47-31-22-32-48-102/h21-60,73-80H,61-72,81-88H2,1-20H3,(H,125,129)(H,126,130)(H,127,131)(H,128,132). The second-order valence-electron chi connectivity index (χ2n) is 46.8. The molecular formula is C124H152N4O12P4. The van der Waals surface area contributed by atoms with Gasteiger partial charge in [0.15, 0.2) is 28.6 Å². The molecular weight excluding hydrogens is 1860 g/mol. The Kier molecular flexibility index (Phi) is 35.2. The van der Waals surface area contributed by atoms with Crippen LogP contribution >= 0.6 is 28.6 Å². The third-order valence-electron chi connectivity index (χ3n) is 27.0. The molecule has 8 bridgehead atoms. The first-order valence-corrected chi connectivity index (χ1v) is 58.5. The van der Waals surface area contributed by atoms with E-state index in [4.69, 9.17) is 18.9 Å². The summed E-state index contributed by atoms with van der Waals surface area (Å²) < 4.78 is 93.2. The van der Waals surface area contributed by atoms with E-state index in [1.807, 2.05) is 243 Å². The fourth-order valence-corrected chi connectivity index (χ4v) is 31.9. The van der Waals surface area contributed by atoms with Crippen molar-refractivity contribution in [3.05, 3.63) is 358 Å². The molecule has 4 N–H and O–H groups in total. The highest BCUT2D eigenvalue weighted by atomic mass is 31.2. The zero-order chi connectivity index (χ0) is 104. The Labute approximate surface area is 857 Å². The van der Waals surface area contributed by atoms with Crippen LogP contribution in [0.2, 0.25) is 0 Å². The number of nitrogens with one attached hydrogen (secondary N) is 4. The molecule has 760 valence electrons. The summed E-state index contributed by atoms with van der Waals surface area (Å²) >= 11 is 0. The van der Waals surface area contributed by atoms with E-state index in [1.54, 1.807) is 0 Å². The molecule has 0 aliphatic heterocycles. The van der Waals surface area contributed by atoms with Gasteiger partial charge in [-0.3, -0.25) is 19.2 Å². The normalized spacial score (nSPS) is 13.1. The molecule has 1 aliphatic carbocycles. The summed E-state index contributed by atoms with van der Waals surface area (Å²) in [7, 11) is -14.1. The monoisotopic (exact) mass is 2010 g/mol. The maximum Gasteiger partial charge on any atom is 0.228 e. The van der Waals surface area contributed by atoms with E-state index in [-0.39, 0.29) is 125 Å². The molecule has 0 saturated carbocycles. The van der Waals surface area contributed by atoms with Gasteiger partial charge in [-0.2, -0.15) is 0 Å². The number of carbonyl (C=O) groups is 4. The highest BCUT2D eigenvalue weighted by Crippen LogP contribution is 2.52. The van der Waals surface area contributed by atoms with Crippen molar-refractivity contribution < 1.29 is 56.4 Å². The molecule has 0 saturated heterocycles. The van der Waals surface area contributed by atoms with E-state index in [0.717, 1.165) is 92.4 Å². The van der Waals surface area contributed by atoms with Crippen LogP contribution in [0.25, 0.3) is 0 Å². The van der Waals surface area contributed by atoms with E-state index in [1.165, 1.54) is 0 Å². The molecule has 0 heterocycles. The Morgan fingerprint density at radius 3 is 0.479 bits per heavy atom. The maximum atomic E-state index is 15.7. The lowest BCUT2D eigenvalue weighted by Crippen LogP contribution is -2.34. The second-order valence-corrected chi connectivity index (χ2v) is 58.1. The molecule has 12 aromatic carbocycles. The van der Waals surface area contributed by atoms with E-state index in [2.05, 4.69) is 208 Å². The van der Waals surface area contributed by atoms with E-state index in [9.17, 15) is 19.2 Å². The van der Waals surface area contributed by atoms with Gasteiger partial charge in [-0.25, -0.2) is 0 Å². The van der Waals surface area contributed by atoms with Gasteiger partial charge in [0.2, 0.25) is 23.6 Å². The van der Waals surface area contributed by atoms with Crippen molar-refractivity contribution in [2.75, 3.05) is 77.3 Å². The summed E-state index contributed by atoms with van der Waals surface area (Å²) in [5.74, 6) is 0.698. The third-order valence-corrected chi connectivity index (χ3v) is 39.0. The van der Waals surface area contributed by atoms with E-state index >= 15 is 18.3 Å². The molecule has 0 spiro atoms. The lowest BCUT2D eigenvalue weighted by Gasteiger charge is -2.36. The molecule has 20 heteroatoms. The quantitative estimate of drug-likeness (QED) is 0.0208. The first kappa shape index (κ1) is 110. The number of benzene rings is 12. The number of carbonyl (C=O) groups excluding carboxylic acids is 4. The molecule has 13 rings (SSSR count). The van der Waals surface area contributed by atoms with Gasteiger partial charge in [0.25, 0.3) is 0 Å². The third kappa shape index (κ3) is 28.7. The zero-order valence-electron chi connectivity index (χ0n) is 88.5. The van der Waals surface area contributed by atoms with Crippen LogP contribution in [0, 0.1) is 21.7 Å². The van der Waals surface area contributed by atoms with Crippen molar-refractivity contribution in [2.24, 2.45) is 21.7 Å². The van der Waals surface area contributed by atoms with Crippen LogP contribution in [-0.2, 0) is 84.8 Å².